The molecule has 0 aliphatic carbocycles. The minimum atomic E-state index is -0.933. The van der Waals surface area contributed by atoms with Crippen LogP contribution in [-0.4, -0.2) is 23.5 Å². The number of aryl methyl sites for hydroxylation is 1. The van der Waals surface area contributed by atoms with Crippen LogP contribution in [0.25, 0.3) is 0 Å². The monoisotopic (exact) mass is 239 g/mol. The molecule has 0 atom stereocenters. The maximum Gasteiger partial charge on any atom is 0.305 e. The van der Waals surface area contributed by atoms with E-state index in [2.05, 4.69) is 5.32 Å². The lowest BCUT2D eigenvalue weighted by atomic mass is 10.1. The summed E-state index contributed by atoms with van der Waals surface area (Å²) >= 11 is 0. The van der Waals surface area contributed by atoms with Gasteiger partial charge in [-0.15, -0.1) is 0 Å². The van der Waals surface area contributed by atoms with Gasteiger partial charge in [-0.2, -0.15) is 0 Å². The van der Waals surface area contributed by atoms with E-state index in [1.807, 2.05) is 13.8 Å². The number of carboxylic acid groups (broad SMARTS) is 1. The van der Waals surface area contributed by atoms with Gasteiger partial charge < -0.3 is 14.8 Å². The van der Waals surface area contributed by atoms with Gasteiger partial charge in [0.25, 0.3) is 5.91 Å². The van der Waals surface area contributed by atoms with Gasteiger partial charge in [-0.05, 0) is 13.0 Å². The second kappa shape index (κ2) is 5.52. The highest BCUT2D eigenvalue weighted by Gasteiger charge is 2.16. The normalized spacial score (nSPS) is 10.6. The first-order valence-corrected chi connectivity index (χ1v) is 5.52. The molecule has 0 spiro atoms. The van der Waals surface area contributed by atoms with Crippen LogP contribution in [0.15, 0.2) is 10.5 Å². The maximum absolute atomic E-state index is 11.7. The third-order valence-electron chi connectivity index (χ3n) is 2.37. The Balaban J connectivity index is 2.65. The third-order valence-corrected chi connectivity index (χ3v) is 2.37. The van der Waals surface area contributed by atoms with E-state index in [1.54, 1.807) is 13.0 Å². The maximum atomic E-state index is 11.7. The van der Waals surface area contributed by atoms with E-state index < -0.39 is 5.97 Å². The Labute approximate surface area is 99.8 Å². The summed E-state index contributed by atoms with van der Waals surface area (Å²) in [5, 5.41) is 11.0. The summed E-state index contributed by atoms with van der Waals surface area (Å²) in [5.41, 5.74) is 0.471. The number of hydrogen-bond acceptors (Lipinski definition) is 3. The first-order valence-electron chi connectivity index (χ1n) is 5.52. The molecule has 0 fully saturated rings. The number of hydrogen-bond donors (Lipinski definition) is 2. The van der Waals surface area contributed by atoms with E-state index in [0.717, 1.165) is 5.76 Å². The summed E-state index contributed by atoms with van der Waals surface area (Å²) in [6.45, 7) is 5.79. The van der Waals surface area contributed by atoms with Crippen molar-refractivity contribution in [3.05, 3.63) is 23.2 Å². The average molecular weight is 239 g/mol. The number of nitrogens with one attached hydrogen (secondary N) is 1. The highest BCUT2D eigenvalue weighted by atomic mass is 16.4. The topological polar surface area (TPSA) is 79.5 Å². The van der Waals surface area contributed by atoms with E-state index >= 15 is 0 Å². The van der Waals surface area contributed by atoms with Crippen molar-refractivity contribution in [1.29, 1.82) is 0 Å². The van der Waals surface area contributed by atoms with Gasteiger partial charge in [0, 0.05) is 12.5 Å². The fraction of sp³-hybridized carbons (Fsp3) is 0.500. The van der Waals surface area contributed by atoms with Crippen LogP contribution in [0.4, 0.5) is 0 Å². The fourth-order valence-corrected chi connectivity index (χ4v) is 1.39. The van der Waals surface area contributed by atoms with Gasteiger partial charge in [0.1, 0.15) is 11.5 Å². The van der Waals surface area contributed by atoms with E-state index in [-0.39, 0.29) is 24.8 Å². The minimum Gasteiger partial charge on any atom is -0.481 e. The molecule has 0 aliphatic rings. The fourth-order valence-electron chi connectivity index (χ4n) is 1.39. The van der Waals surface area contributed by atoms with Crippen LogP contribution in [0, 0.1) is 6.92 Å². The van der Waals surface area contributed by atoms with Gasteiger partial charge >= 0.3 is 5.97 Å². The minimum absolute atomic E-state index is 0.0837. The zero-order valence-corrected chi connectivity index (χ0v) is 10.2. The van der Waals surface area contributed by atoms with Gasteiger partial charge in [-0.25, -0.2) is 0 Å². The largest absolute Gasteiger partial charge is 0.481 e. The number of furan rings is 1. The van der Waals surface area contributed by atoms with Crippen molar-refractivity contribution in [2.45, 2.75) is 33.1 Å². The van der Waals surface area contributed by atoms with E-state index in [9.17, 15) is 9.59 Å². The average Bonchev–Trinajstić information content (AvgIpc) is 2.59. The molecule has 5 nitrogen and oxygen atoms in total. The Kier molecular flexibility index (Phi) is 4.31. The molecule has 0 unspecified atom stereocenters. The highest BCUT2D eigenvalue weighted by molar-refractivity contribution is 5.95. The van der Waals surface area contributed by atoms with Crippen molar-refractivity contribution in [3.63, 3.8) is 0 Å². The van der Waals surface area contributed by atoms with Gasteiger partial charge in [0.05, 0.1) is 12.0 Å². The van der Waals surface area contributed by atoms with Crippen LogP contribution < -0.4 is 5.32 Å². The number of carbonyl (C=O) groups is 2. The number of rotatable bonds is 5. The summed E-state index contributed by atoms with van der Waals surface area (Å²) < 4.78 is 5.45. The molecule has 1 heterocycles. The number of amides is 1. The molecule has 0 bridgehead atoms. The molecule has 1 aromatic rings. The molecule has 0 saturated heterocycles. The second-order valence-corrected chi connectivity index (χ2v) is 4.17. The Hall–Kier alpha value is -1.78. The van der Waals surface area contributed by atoms with Crippen LogP contribution in [0.1, 0.15) is 48.1 Å². The lowest BCUT2D eigenvalue weighted by Gasteiger charge is -2.01. The van der Waals surface area contributed by atoms with Crippen LogP contribution >= 0.6 is 0 Å². The molecule has 94 valence electrons. The van der Waals surface area contributed by atoms with Crippen molar-refractivity contribution in [2.24, 2.45) is 0 Å². The SMILES string of the molecule is Cc1oc(C(C)C)cc1C(=O)NCCC(=O)O. The van der Waals surface area contributed by atoms with Crippen molar-refractivity contribution >= 4 is 11.9 Å². The molecule has 1 amide bonds. The smallest absolute Gasteiger partial charge is 0.305 e. The quantitative estimate of drug-likeness (QED) is 0.822. The molecule has 5 heteroatoms. The van der Waals surface area contributed by atoms with Gasteiger partial charge in [-0.1, -0.05) is 13.8 Å². The van der Waals surface area contributed by atoms with Crippen molar-refractivity contribution in [1.82, 2.24) is 5.32 Å². The van der Waals surface area contributed by atoms with Crippen LogP contribution in [-0.2, 0) is 4.79 Å². The molecule has 0 saturated carbocycles. The van der Waals surface area contributed by atoms with Gasteiger partial charge in [0.15, 0.2) is 0 Å². The number of carbonyl (C=O) groups excluding carboxylic acids is 1. The number of carboxylic acids is 1. The van der Waals surface area contributed by atoms with Gasteiger partial charge in [0.2, 0.25) is 0 Å². The second-order valence-electron chi connectivity index (χ2n) is 4.17. The van der Waals surface area contributed by atoms with E-state index in [4.69, 9.17) is 9.52 Å². The van der Waals surface area contributed by atoms with Crippen molar-refractivity contribution in [3.8, 4) is 0 Å². The Morgan fingerprint density at radius 3 is 2.59 bits per heavy atom. The summed E-state index contributed by atoms with van der Waals surface area (Å²) in [6.07, 6.45) is -0.0837. The van der Waals surface area contributed by atoms with Crippen LogP contribution in [0.5, 0.6) is 0 Å². The van der Waals surface area contributed by atoms with Crippen LogP contribution in [0.3, 0.4) is 0 Å². The van der Waals surface area contributed by atoms with Crippen molar-refractivity contribution < 1.29 is 19.1 Å². The lowest BCUT2D eigenvalue weighted by Crippen LogP contribution is -2.26. The Morgan fingerprint density at radius 1 is 1.47 bits per heavy atom. The van der Waals surface area contributed by atoms with E-state index in [0.29, 0.717) is 11.3 Å². The third kappa shape index (κ3) is 3.62. The molecule has 2 N–H and O–H groups in total. The molecule has 0 aromatic carbocycles. The molecule has 1 rings (SSSR count). The summed E-state index contributed by atoms with van der Waals surface area (Å²) in [7, 11) is 0. The van der Waals surface area contributed by atoms with Gasteiger partial charge in [-0.3, -0.25) is 9.59 Å². The van der Waals surface area contributed by atoms with Crippen molar-refractivity contribution in [2.75, 3.05) is 6.54 Å². The standard InChI is InChI=1S/C12H17NO4/c1-7(2)10-6-9(8(3)17-10)12(16)13-5-4-11(14)15/h6-7H,4-5H2,1-3H3,(H,13,16)(H,14,15). The predicted octanol–water partition coefficient (Wildman–Crippen LogP) is 1.92. The first-order chi connectivity index (χ1) is 7.91. The molecule has 0 radical (unpaired) electrons. The van der Waals surface area contributed by atoms with E-state index in [1.165, 1.54) is 0 Å². The molecular formula is C12H17NO4. The Bertz CT molecular complexity index is 420. The molecule has 0 aliphatic heterocycles. The first kappa shape index (κ1) is 13.3. The highest BCUT2D eigenvalue weighted by Crippen LogP contribution is 2.21. The summed E-state index contributed by atoms with van der Waals surface area (Å²) in [5.74, 6) is 0.304. The van der Waals surface area contributed by atoms with Crippen LogP contribution in [0.2, 0.25) is 0 Å². The molecular weight excluding hydrogens is 222 g/mol. The zero-order chi connectivity index (χ0) is 13.0. The molecule has 17 heavy (non-hydrogen) atoms. The lowest BCUT2D eigenvalue weighted by molar-refractivity contribution is -0.136. The molecule has 1 aromatic heterocycles. The summed E-state index contributed by atoms with van der Waals surface area (Å²) in [6, 6.07) is 1.70. The Morgan fingerprint density at radius 2 is 2.12 bits per heavy atom. The summed E-state index contributed by atoms with van der Waals surface area (Å²) in [4.78, 5) is 22.0. The zero-order valence-electron chi connectivity index (χ0n) is 10.2. The predicted molar refractivity (Wildman–Crippen MR) is 62.1 cm³/mol. The number of aliphatic carboxylic acids is 1.